The average molecular weight is 290 g/mol. The van der Waals surface area contributed by atoms with E-state index in [1.165, 1.54) is 14.2 Å². The minimum Gasteiger partial charge on any atom is -0.496 e. The van der Waals surface area contributed by atoms with Crippen LogP contribution in [0.25, 0.3) is 0 Å². The van der Waals surface area contributed by atoms with E-state index in [2.05, 4.69) is 0 Å². The van der Waals surface area contributed by atoms with E-state index in [9.17, 15) is 9.50 Å². The van der Waals surface area contributed by atoms with Crippen molar-refractivity contribution in [2.45, 2.75) is 20.0 Å². The zero-order valence-electron chi connectivity index (χ0n) is 12.6. The van der Waals surface area contributed by atoms with Gasteiger partial charge < -0.3 is 14.6 Å². The van der Waals surface area contributed by atoms with Crippen molar-refractivity contribution in [1.82, 2.24) is 0 Å². The van der Waals surface area contributed by atoms with E-state index in [1.54, 1.807) is 44.2 Å². The van der Waals surface area contributed by atoms with E-state index in [4.69, 9.17) is 9.47 Å². The molecule has 0 aromatic heterocycles. The average Bonchev–Trinajstić information content (AvgIpc) is 2.50. The lowest BCUT2D eigenvalue weighted by atomic mass is 9.96. The fourth-order valence-electron chi connectivity index (χ4n) is 2.45. The van der Waals surface area contributed by atoms with Crippen LogP contribution < -0.4 is 9.47 Å². The number of aliphatic hydroxyl groups is 1. The molecule has 0 heterocycles. The molecule has 0 aliphatic carbocycles. The van der Waals surface area contributed by atoms with Gasteiger partial charge in [-0.3, -0.25) is 0 Å². The summed E-state index contributed by atoms with van der Waals surface area (Å²) >= 11 is 0. The van der Waals surface area contributed by atoms with Crippen molar-refractivity contribution in [2.24, 2.45) is 0 Å². The van der Waals surface area contributed by atoms with Crippen LogP contribution in [0.5, 0.6) is 11.5 Å². The minimum atomic E-state index is -0.950. The Morgan fingerprint density at radius 3 is 1.90 bits per heavy atom. The van der Waals surface area contributed by atoms with Gasteiger partial charge in [0.25, 0.3) is 0 Å². The fraction of sp³-hybridized carbons (Fsp3) is 0.294. The third-order valence-electron chi connectivity index (χ3n) is 3.51. The van der Waals surface area contributed by atoms with Crippen molar-refractivity contribution >= 4 is 0 Å². The molecule has 0 saturated heterocycles. The van der Waals surface area contributed by atoms with E-state index < -0.39 is 6.10 Å². The highest BCUT2D eigenvalue weighted by Gasteiger charge is 2.21. The maximum Gasteiger partial charge on any atom is 0.129 e. The quantitative estimate of drug-likeness (QED) is 0.936. The number of aliphatic hydroxyl groups excluding tert-OH is 1. The lowest BCUT2D eigenvalue weighted by Crippen LogP contribution is -2.06. The highest BCUT2D eigenvalue weighted by Crippen LogP contribution is 2.37. The molecule has 2 aromatic rings. The van der Waals surface area contributed by atoms with E-state index in [-0.39, 0.29) is 5.82 Å². The van der Waals surface area contributed by atoms with Crippen molar-refractivity contribution in [3.63, 3.8) is 0 Å². The van der Waals surface area contributed by atoms with Crippen LogP contribution in [0.1, 0.15) is 28.4 Å². The summed E-state index contributed by atoms with van der Waals surface area (Å²) in [5.41, 5.74) is 2.14. The van der Waals surface area contributed by atoms with Gasteiger partial charge in [0, 0.05) is 0 Å². The number of benzene rings is 2. The molecule has 0 amide bonds. The van der Waals surface area contributed by atoms with Gasteiger partial charge >= 0.3 is 0 Å². The molecule has 0 aliphatic rings. The van der Waals surface area contributed by atoms with Crippen LogP contribution in [0.4, 0.5) is 4.39 Å². The number of hydrogen-bond acceptors (Lipinski definition) is 3. The Morgan fingerprint density at radius 2 is 1.48 bits per heavy atom. The molecule has 1 N–H and O–H groups in total. The number of hydrogen-bond donors (Lipinski definition) is 1. The third kappa shape index (κ3) is 2.85. The summed E-state index contributed by atoms with van der Waals surface area (Å²) in [5, 5.41) is 10.7. The number of rotatable bonds is 4. The molecule has 0 aliphatic heterocycles. The molecule has 0 spiro atoms. The SMILES string of the molecule is COc1cccc(OC)c1C(O)c1cc(C)c(F)c(C)c1. The molecule has 2 aromatic carbocycles. The zero-order chi connectivity index (χ0) is 15.6. The Hall–Kier alpha value is -2.07. The van der Waals surface area contributed by atoms with E-state index in [1.807, 2.05) is 0 Å². The third-order valence-corrected chi connectivity index (χ3v) is 3.51. The predicted molar refractivity (Wildman–Crippen MR) is 79.5 cm³/mol. The van der Waals surface area contributed by atoms with E-state index >= 15 is 0 Å². The monoisotopic (exact) mass is 290 g/mol. The molecule has 0 radical (unpaired) electrons. The van der Waals surface area contributed by atoms with Gasteiger partial charge in [0.05, 0.1) is 19.8 Å². The minimum absolute atomic E-state index is 0.252. The van der Waals surface area contributed by atoms with Crippen LogP contribution in [0.15, 0.2) is 30.3 Å². The maximum atomic E-state index is 13.7. The van der Waals surface area contributed by atoms with Crippen LogP contribution >= 0.6 is 0 Å². The van der Waals surface area contributed by atoms with Crippen molar-refractivity contribution in [3.05, 3.63) is 58.4 Å². The molecule has 3 nitrogen and oxygen atoms in total. The molecule has 1 atom stereocenters. The second kappa shape index (κ2) is 6.14. The summed E-state index contributed by atoms with van der Waals surface area (Å²) in [6.45, 7) is 3.36. The first kappa shape index (κ1) is 15.3. The van der Waals surface area contributed by atoms with Gasteiger partial charge in [-0.15, -0.1) is 0 Å². The highest BCUT2D eigenvalue weighted by molar-refractivity contribution is 5.50. The van der Waals surface area contributed by atoms with Crippen LogP contribution in [0.2, 0.25) is 0 Å². The van der Waals surface area contributed by atoms with Gasteiger partial charge in [-0.25, -0.2) is 4.39 Å². The second-order valence-electron chi connectivity index (χ2n) is 4.95. The Kier molecular flexibility index (Phi) is 4.48. The summed E-state index contributed by atoms with van der Waals surface area (Å²) in [6, 6.07) is 8.57. The van der Waals surface area contributed by atoms with Crippen molar-refractivity contribution in [1.29, 1.82) is 0 Å². The van der Waals surface area contributed by atoms with Gasteiger partial charge in [-0.2, -0.15) is 0 Å². The normalized spacial score (nSPS) is 12.1. The maximum absolute atomic E-state index is 13.7. The largest absolute Gasteiger partial charge is 0.496 e. The Balaban J connectivity index is 2.57. The Morgan fingerprint density at radius 1 is 1.00 bits per heavy atom. The standard InChI is InChI=1S/C17H19FO3/c1-10-8-12(9-11(2)16(10)18)17(19)15-13(20-3)6-5-7-14(15)21-4/h5-9,17,19H,1-4H3. The smallest absolute Gasteiger partial charge is 0.129 e. The molecule has 112 valence electrons. The number of halogens is 1. The first-order chi connectivity index (χ1) is 9.99. The van der Waals surface area contributed by atoms with Crippen molar-refractivity contribution in [3.8, 4) is 11.5 Å². The first-order valence-corrected chi connectivity index (χ1v) is 6.65. The van der Waals surface area contributed by atoms with Crippen molar-refractivity contribution in [2.75, 3.05) is 14.2 Å². The Bertz CT molecular complexity index is 607. The molecule has 4 heteroatoms. The molecular formula is C17H19FO3. The molecule has 2 rings (SSSR count). The molecule has 21 heavy (non-hydrogen) atoms. The van der Waals surface area contributed by atoms with Gasteiger partial charge in [0.1, 0.15) is 23.4 Å². The van der Waals surface area contributed by atoms with Crippen LogP contribution in [-0.2, 0) is 0 Å². The summed E-state index contributed by atoms with van der Waals surface area (Å²) in [5.74, 6) is 0.806. The van der Waals surface area contributed by atoms with Gasteiger partial charge in [0.2, 0.25) is 0 Å². The summed E-state index contributed by atoms with van der Waals surface area (Å²) in [7, 11) is 3.07. The predicted octanol–water partition coefficient (Wildman–Crippen LogP) is 3.54. The van der Waals surface area contributed by atoms with Crippen LogP contribution in [0.3, 0.4) is 0 Å². The fourth-order valence-corrected chi connectivity index (χ4v) is 2.45. The summed E-state index contributed by atoms with van der Waals surface area (Å²) in [6.07, 6.45) is -0.950. The molecule has 0 bridgehead atoms. The molecular weight excluding hydrogens is 271 g/mol. The lowest BCUT2D eigenvalue weighted by molar-refractivity contribution is 0.208. The molecule has 1 unspecified atom stereocenters. The first-order valence-electron chi connectivity index (χ1n) is 6.65. The number of methoxy groups -OCH3 is 2. The number of ether oxygens (including phenoxy) is 2. The van der Waals surface area contributed by atoms with E-state index in [0.717, 1.165) is 0 Å². The number of aryl methyl sites for hydroxylation is 2. The summed E-state index contributed by atoms with van der Waals surface area (Å²) < 4.78 is 24.3. The molecule has 0 saturated carbocycles. The van der Waals surface area contributed by atoms with Crippen molar-refractivity contribution < 1.29 is 19.0 Å². The topological polar surface area (TPSA) is 38.7 Å². The van der Waals surface area contributed by atoms with Gasteiger partial charge in [0.15, 0.2) is 0 Å². The highest BCUT2D eigenvalue weighted by atomic mass is 19.1. The molecule has 0 fully saturated rings. The van der Waals surface area contributed by atoms with E-state index in [0.29, 0.717) is 33.8 Å². The van der Waals surface area contributed by atoms with Gasteiger partial charge in [-0.05, 0) is 42.7 Å². The Labute approximate surface area is 124 Å². The van der Waals surface area contributed by atoms with Crippen LogP contribution in [0, 0.1) is 19.7 Å². The lowest BCUT2D eigenvalue weighted by Gasteiger charge is -2.19. The van der Waals surface area contributed by atoms with Gasteiger partial charge in [-0.1, -0.05) is 18.2 Å². The van der Waals surface area contributed by atoms with Crippen LogP contribution in [-0.4, -0.2) is 19.3 Å². The second-order valence-corrected chi connectivity index (χ2v) is 4.95. The summed E-state index contributed by atoms with van der Waals surface area (Å²) in [4.78, 5) is 0. The zero-order valence-corrected chi connectivity index (χ0v) is 12.6.